The molecule has 2 amide bonds. The maximum Gasteiger partial charge on any atom is 0.265 e. The average molecular weight is 591 g/mol. The number of benzene rings is 3. The van der Waals surface area contributed by atoms with Gasteiger partial charge in [0.05, 0.1) is 20.6 Å². The summed E-state index contributed by atoms with van der Waals surface area (Å²) in [4.78, 5) is 28.5. The van der Waals surface area contributed by atoms with Gasteiger partial charge in [0, 0.05) is 31.4 Å². The molecule has 39 heavy (non-hydrogen) atoms. The van der Waals surface area contributed by atoms with Crippen LogP contribution in [0, 0.1) is 0 Å². The fourth-order valence-corrected chi connectivity index (χ4v) is 7.05. The normalized spacial score (nSPS) is 14.4. The zero-order chi connectivity index (χ0) is 28.2. The molecule has 0 fully saturated rings. The number of hydrogen-bond donors (Lipinski definition) is 1. The summed E-state index contributed by atoms with van der Waals surface area (Å²) in [6.07, 6.45) is 2.61. The molecular weight excluding hydrogens is 557 g/mol. The summed E-state index contributed by atoms with van der Waals surface area (Å²) in [5, 5.41) is 5.29. The summed E-state index contributed by atoms with van der Waals surface area (Å²) in [5.74, 6) is -0.436. The smallest absolute Gasteiger partial charge is 0.265 e. The first-order valence-electron chi connectivity index (χ1n) is 13.2. The Labute approximate surface area is 240 Å². The lowest BCUT2D eigenvalue weighted by Gasteiger charge is -2.31. The van der Waals surface area contributed by atoms with Gasteiger partial charge in [-0.25, -0.2) is 8.42 Å². The van der Waals surface area contributed by atoms with E-state index >= 15 is 0 Å². The predicted molar refractivity (Wildman–Crippen MR) is 157 cm³/mol. The Morgan fingerprint density at radius 1 is 1.00 bits per heavy atom. The highest BCUT2D eigenvalue weighted by Gasteiger charge is 2.35. The van der Waals surface area contributed by atoms with Crippen molar-refractivity contribution in [3.8, 4) is 0 Å². The number of rotatable bonds is 12. The highest BCUT2D eigenvalue weighted by Crippen LogP contribution is 2.42. The van der Waals surface area contributed by atoms with Crippen LogP contribution in [-0.4, -0.2) is 44.3 Å². The minimum absolute atomic E-state index is 0.0817. The number of carbonyl (C=O) groups excluding carboxylic acids is 2. The molecule has 3 aromatic carbocycles. The first-order valence-corrected chi connectivity index (χ1v) is 15.4. The van der Waals surface area contributed by atoms with Crippen molar-refractivity contribution >= 4 is 61.5 Å². The van der Waals surface area contributed by atoms with Crippen LogP contribution >= 0.6 is 23.2 Å². The van der Waals surface area contributed by atoms with Crippen molar-refractivity contribution < 1.29 is 18.0 Å². The number of sulfonamides is 1. The van der Waals surface area contributed by atoms with Crippen molar-refractivity contribution in [2.45, 2.75) is 63.4 Å². The molecule has 1 N–H and O–H groups in total. The molecule has 3 aromatic rings. The van der Waals surface area contributed by atoms with Crippen LogP contribution in [0.15, 0.2) is 59.5 Å². The molecule has 0 unspecified atom stereocenters. The second-order valence-corrected chi connectivity index (χ2v) is 12.3. The fraction of sp³-hybridized carbons (Fsp3) is 0.379. The predicted octanol–water partition coefficient (Wildman–Crippen LogP) is 6.16. The van der Waals surface area contributed by atoms with E-state index < -0.39 is 16.1 Å². The van der Waals surface area contributed by atoms with Gasteiger partial charge in [-0.1, -0.05) is 73.8 Å². The number of unbranched alkanes of at least 4 members (excludes halogenated alkanes) is 1. The zero-order valence-corrected chi connectivity index (χ0v) is 24.5. The van der Waals surface area contributed by atoms with Gasteiger partial charge < -0.3 is 10.2 Å². The van der Waals surface area contributed by atoms with Crippen molar-refractivity contribution in [2.24, 2.45) is 0 Å². The van der Waals surface area contributed by atoms with Gasteiger partial charge in [0.15, 0.2) is 0 Å². The summed E-state index contributed by atoms with van der Waals surface area (Å²) >= 11 is 12.3. The van der Waals surface area contributed by atoms with Crippen molar-refractivity contribution in [1.29, 1.82) is 0 Å². The van der Waals surface area contributed by atoms with Crippen molar-refractivity contribution in [3.05, 3.63) is 70.2 Å². The molecule has 0 aliphatic carbocycles. The van der Waals surface area contributed by atoms with Crippen LogP contribution in [0.3, 0.4) is 0 Å². The molecule has 10 heteroatoms. The summed E-state index contributed by atoms with van der Waals surface area (Å²) < 4.78 is 28.0. The molecule has 1 aliphatic heterocycles. The van der Waals surface area contributed by atoms with Gasteiger partial charge in [0.2, 0.25) is 11.8 Å². The van der Waals surface area contributed by atoms with Crippen LogP contribution in [0.1, 0.15) is 51.5 Å². The topological polar surface area (TPSA) is 86.8 Å². The maximum atomic E-state index is 13.6. The quantitative estimate of drug-likeness (QED) is 0.256. The van der Waals surface area contributed by atoms with Gasteiger partial charge >= 0.3 is 0 Å². The van der Waals surface area contributed by atoms with E-state index in [0.29, 0.717) is 40.5 Å². The number of carbonyl (C=O) groups is 2. The Morgan fingerprint density at radius 2 is 1.74 bits per heavy atom. The third kappa shape index (κ3) is 6.18. The largest absolute Gasteiger partial charge is 0.354 e. The van der Waals surface area contributed by atoms with E-state index in [-0.39, 0.29) is 36.2 Å². The summed E-state index contributed by atoms with van der Waals surface area (Å²) in [6.45, 7) is 4.79. The molecule has 4 rings (SSSR count). The van der Waals surface area contributed by atoms with Gasteiger partial charge in [-0.2, -0.15) is 0 Å². The van der Waals surface area contributed by atoms with Gasteiger partial charge in [-0.15, -0.1) is 0 Å². The average Bonchev–Trinajstić information content (AvgIpc) is 3.13. The van der Waals surface area contributed by atoms with E-state index in [1.165, 1.54) is 4.31 Å². The number of halogens is 2. The van der Waals surface area contributed by atoms with Gasteiger partial charge in [0.1, 0.15) is 6.04 Å². The lowest BCUT2D eigenvalue weighted by molar-refractivity contribution is -0.141. The Bertz CT molecular complexity index is 1470. The number of nitrogens with zero attached hydrogens (tertiary/aromatic N) is 2. The third-order valence-corrected chi connectivity index (χ3v) is 9.58. The number of nitrogens with one attached hydrogen (secondary N) is 1. The Balaban J connectivity index is 1.52. The van der Waals surface area contributed by atoms with Crippen LogP contribution in [0.4, 0.5) is 5.69 Å². The minimum Gasteiger partial charge on any atom is -0.354 e. The first kappa shape index (κ1) is 29.2. The Kier molecular flexibility index (Phi) is 9.41. The van der Waals surface area contributed by atoms with E-state index in [2.05, 4.69) is 5.32 Å². The zero-order valence-electron chi connectivity index (χ0n) is 22.1. The lowest BCUT2D eigenvalue weighted by Crippen LogP contribution is -2.49. The number of anilines is 1. The molecule has 7 nitrogen and oxygen atoms in total. The van der Waals surface area contributed by atoms with Crippen LogP contribution in [0.2, 0.25) is 10.0 Å². The Morgan fingerprint density at radius 3 is 2.44 bits per heavy atom. The molecule has 0 aromatic heterocycles. The highest BCUT2D eigenvalue weighted by molar-refractivity contribution is 7.93. The van der Waals surface area contributed by atoms with Gasteiger partial charge in [0.25, 0.3) is 10.0 Å². The van der Waals surface area contributed by atoms with Crippen LogP contribution in [-0.2, 0) is 26.2 Å². The van der Waals surface area contributed by atoms with Gasteiger partial charge in [-0.3, -0.25) is 13.9 Å². The molecule has 1 atom stereocenters. The molecule has 0 saturated heterocycles. The summed E-state index contributed by atoms with van der Waals surface area (Å²) in [5.41, 5.74) is 1.38. The summed E-state index contributed by atoms with van der Waals surface area (Å²) in [6, 6.07) is 15.2. The van der Waals surface area contributed by atoms with Crippen molar-refractivity contribution in [1.82, 2.24) is 10.2 Å². The van der Waals surface area contributed by atoms with Crippen LogP contribution < -0.4 is 9.62 Å². The molecule has 0 spiro atoms. The third-order valence-electron chi connectivity index (χ3n) is 6.99. The van der Waals surface area contributed by atoms with E-state index in [9.17, 15) is 18.0 Å². The molecular formula is C29H33Cl2N3O4S. The van der Waals surface area contributed by atoms with E-state index in [4.69, 9.17) is 23.2 Å². The Hall–Kier alpha value is -2.81. The monoisotopic (exact) mass is 589 g/mol. The van der Waals surface area contributed by atoms with Crippen LogP contribution in [0.25, 0.3) is 10.8 Å². The number of amides is 2. The molecule has 0 radical (unpaired) electrons. The second-order valence-electron chi connectivity index (χ2n) is 9.65. The van der Waals surface area contributed by atoms with Gasteiger partial charge in [-0.05, 0) is 54.5 Å². The van der Waals surface area contributed by atoms with Crippen LogP contribution in [0.5, 0.6) is 0 Å². The van der Waals surface area contributed by atoms with Crippen molar-refractivity contribution in [3.63, 3.8) is 0 Å². The number of hydrogen-bond acceptors (Lipinski definition) is 4. The lowest BCUT2D eigenvalue weighted by atomic mass is 10.1. The minimum atomic E-state index is -3.70. The first-order chi connectivity index (χ1) is 18.7. The molecule has 0 saturated carbocycles. The summed E-state index contributed by atoms with van der Waals surface area (Å²) in [7, 11) is -3.70. The molecule has 208 valence electrons. The van der Waals surface area contributed by atoms with E-state index in [0.717, 1.165) is 23.8 Å². The SMILES string of the molecule is CCCCNC(=O)[C@H](CC)N(Cc1ccc(Cl)c(Cl)c1)C(=O)CCCN1c2cccc3cccc(c23)S1(=O)=O. The molecule has 0 bridgehead atoms. The maximum absolute atomic E-state index is 13.6. The standard InChI is InChI=1S/C29H33Cl2N3O4S/c1-3-5-16-32-29(36)24(4-2)33(19-20-14-15-22(30)23(31)18-20)27(35)13-8-17-34-25-11-6-9-21-10-7-12-26(28(21)25)39(34,37)38/h6-7,9-12,14-15,18,24H,3-5,8,13,16-17,19H2,1-2H3,(H,32,36)/t24-/m0/s1. The van der Waals surface area contributed by atoms with E-state index in [1.54, 1.807) is 41.3 Å². The second kappa shape index (κ2) is 12.6. The molecule has 1 aliphatic rings. The van der Waals surface area contributed by atoms with E-state index in [1.807, 2.05) is 32.0 Å². The van der Waals surface area contributed by atoms with Crippen molar-refractivity contribution in [2.75, 3.05) is 17.4 Å². The highest BCUT2D eigenvalue weighted by atomic mass is 35.5. The fourth-order valence-electron chi connectivity index (χ4n) is 4.98. The molecule has 1 heterocycles.